The summed E-state index contributed by atoms with van der Waals surface area (Å²) in [6.45, 7) is 5.53. The Morgan fingerprint density at radius 3 is 2.21 bits per heavy atom. The van der Waals surface area contributed by atoms with Gasteiger partial charge in [-0.3, -0.25) is 9.00 Å². The molecular weight excluding hydrogens is 264 g/mol. The van der Waals surface area contributed by atoms with Crippen molar-refractivity contribution in [2.24, 2.45) is 11.3 Å². The molecule has 0 amide bonds. The van der Waals surface area contributed by atoms with E-state index in [0.717, 1.165) is 0 Å². The molecule has 0 aliphatic heterocycles. The van der Waals surface area contributed by atoms with Gasteiger partial charge in [0.05, 0.1) is 23.8 Å². The van der Waals surface area contributed by atoms with Gasteiger partial charge in [-0.1, -0.05) is 20.8 Å². The molecule has 0 aromatic heterocycles. The van der Waals surface area contributed by atoms with Crippen molar-refractivity contribution in [3.05, 3.63) is 24.3 Å². The minimum Gasteiger partial charge on any atom is -0.497 e. The molecule has 0 bridgehead atoms. The monoisotopic (exact) mass is 284 g/mol. The van der Waals surface area contributed by atoms with Crippen LogP contribution in [0.1, 0.15) is 20.8 Å². The first-order valence-electron chi connectivity index (χ1n) is 6.01. The van der Waals surface area contributed by atoms with Crippen LogP contribution in [0.3, 0.4) is 0 Å². The van der Waals surface area contributed by atoms with Crippen molar-refractivity contribution in [1.82, 2.24) is 0 Å². The molecule has 1 N–H and O–H groups in total. The number of hydrogen-bond acceptors (Lipinski definition) is 3. The van der Waals surface area contributed by atoms with E-state index in [1.807, 2.05) is 20.8 Å². The molecule has 106 valence electrons. The van der Waals surface area contributed by atoms with E-state index in [1.165, 1.54) is 0 Å². The third kappa shape index (κ3) is 4.35. The second-order valence-corrected chi connectivity index (χ2v) is 6.94. The molecular formula is C14H20O4S. The molecule has 2 atom stereocenters. The van der Waals surface area contributed by atoms with Crippen LogP contribution in [0.25, 0.3) is 0 Å². The number of aliphatic carboxylic acids is 1. The van der Waals surface area contributed by atoms with Crippen LogP contribution in [-0.2, 0) is 15.6 Å². The third-order valence-electron chi connectivity index (χ3n) is 2.98. The van der Waals surface area contributed by atoms with Gasteiger partial charge < -0.3 is 9.84 Å². The summed E-state index contributed by atoms with van der Waals surface area (Å²) < 4.78 is 17.2. The van der Waals surface area contributed by atoms with Crippen molar-refractivity contribution in [3.63, 3.8) is 0 Å². The summed E-state index contributed by atoms with van der Waals surface area (Å²) >= 11 is 0. The standard InChI is InChI=1S/C14H20O4S/c1-14(2,3)12(13(15)16)9-19(17)11-7-5-10(18-4)6-8-11/h5-8,12H,9H2,1-4H3,(H,15,16). The average Bonchev–Trinajstić information content (AvgIpc) is 2.34. The van der Waals surface area contributed by atoms with Crippen LogP contribution in [-0.4, -0.2) is 28.1 Å². The zero-order valence-corrected chi connectivity index (χ0v) is 12.5. The topological polar surface area (TPSA) is 63.6 Å². The summed E-state index contributed by atoms with van der Waals surface area (Å²) in [5.41, 5.74) is -0.423. The molecule has 4 nitrogen and oxygen atoms in total. The summed E-state index contributed by atoms with van der Waals surface area (Å²) in [5.74, 6) is -0.748. The Balaban J connectivity index is 2.85. The summed E-state index contributed by atoms with van der Waals surface area (Å²) in [7, 11) is 0.234. The summed E-state index contributed by atoms with van der Waals surface area (Å²) in [5, 5.41) is 9.23. The number of benzene rings is 1. The van der Waals surface area contributed by atoms with E-state index in [9.17, 15) is 14.1 Å². The van der Waals surface area contributed by atoms with E-state index in [1.54, 1.807) is 31.4 Å². The molecule has 0 aliphatic carbocycles. The normalized spacial score (nSPS) is 14.7. The third-order valence-corrected chi connectivity index (χ3v) is 4.42. The van der Waals surface area contributed by atoms with Crippen molar-refractivity contribution in [1.29, 1.82) is 0 Å². The van der Waals surface area contributed by atoms with Crippen molar-refractivity contribution in [2.45, 2.75) is 25.7 Å². The lowest BCUT2D eigenvalue weighted by atomic mass is 9.82. The fourth-order valence-electron chi connectivity index (χ4n) is 1.67. The fourth-order valence-corrected chi connectivity index (χ4v) is 3.24. The zero-order valence-electron chi connectivity index (χ0n) is 11.7. The minimum absolute atomic E-state index is 0.116. The molecule has 0 saturated heterocycles. The zero-order chi connectivity index (χ0) is 14.6. The average molecular weight is 284 g/mol. The summed E-state index contributed by atoms with van der Waals surface area (Å²) in [6, 6.07) is 6.85. The van der Waals surface area contributed by atoms with Gasteiger partial charge in [-0.25, -0.2) is 0 Å². The van der Waals surface area contributed by atoms with E-state index >= 15 is 0 Å². The van der Waals surface area contributed by atoms with Crippen molar-refractivity contribution in [2.75, 3.05) is 12.9 Å². The number of rotatable bonds is 5. The van der Waals surface area contributed by atoms with E-state index < -0.39 is 28.1 Å². The van der Waals surface area contributed by atoms with E-state index in [-0.39, 0.29) is 5.75 Å². The molecule has 2 unspecified atom stereocenters. The van der Waals surface area contributed by atoms with Gasteiger partial charge in [0, 0.05) is 10.6 Å². The number of hydrogen-bond donors (Lipinski definition) is 1. The quantitative estimate of drug-likeness (QED) is 0.902. The molecule has 0 fully saturated rings. The highest BCUT2D eigenvalue weighted by Gasteiger charge is 2.32. The SMILES string of the molecule is COc1ccc(S(=O)CC(C(=O)O)C(C)(C)C)cc1. The van der Waals surface area contributed by atoms with Gasteiger partial charge in [0.25, 0.3) is 0 Å². The van der Waals surface area contributed by atoms with Gasteiger partial charge in [0.15, 0.2) is 0 Å². The Labute approximate surface area is 116 Å². The summed E-state index contributed by atoms with van der Waals surface area (Å²) in [6.07, 6.45) is 0. The van der Waals surface area contributed by atoms with E-state index in [4.69, 9.17) is 4.74 Å². The van der Waals surface area contributed by atoms with Crippen LogP contribution >= 0.6 is 0 Å². The maximum atomic E-state index is 12.2. The predicted molar refractivity (Wildman–Crippen MR) is 74.9 cm³/mol. The number of carboxylic acids is 1. The van der Waals surface area contributed by atoms with Crippen LogP contribution < -0.4 is 4.74 Å². The summed E-state index contributed by atoms with van der Waals surface area (Å²) in [4.78, 5) is 11.9. The predicted octanol–water partition coefficient (Wildman–Crippen LogP) is 2.55. The minimum atomic E-state index is -1.33. The molecule has 0 radical (unpaired) electrons. The van der Waals surface area contributed by atoms with Gasteiger partial charge in [0.2, 0.25) is 0 Å². The Morgan fingerprint density at radius 1 is 1.32 bits per heavy atom. The Bertz CT molecular complexity index is 459. The fraction of sp³-hybridized carbons (Fsp3) is 0.500. The number of ether oxygens (including phenoxy) is 1. The molecule has 0 aliphatic rings. The van der Waals surface area contributed by atoms with E-state index in [2.05, 4.69) is 0 Å². The van der Waals surface area contributed by atoms with Crippen LogP contribution in [0.4, 0.5) is 0 Å². The molecule has 0 heterocycles. The first-order valence-corrected chi connectivity index (χ1v) is 7.33. The van der Waals surface area contributed by atoms with Crippen molar-refractivity contribution < 1.29 is 18.8 Å². The number of carbonyl (C=O) groups is 1. The lowest BCUT2D eigenvalue weighted by molar-refractivity contribution is -0.144. The number of carboxylic acid groups (broad SMARTS) is 1. The maximum absolute atomic E-state index is 12.2. The highest BCUT2D eigenvalue weighted by atomic mass is 32.2. The number of methoxy groups -OCH3 is 1. The molecule has 19 heavy (non-hydrogen) atoms. The lowest BCUT2D eigenvalue weighted by Gasteiger charge is -2.26. The Morgan fingerprint density at radius 2 is 1.84 bits per heavy atom. The second kappa shape index (κ2) is 6.19. The molecule has 1 aromatic carbocycles. The highest BCUT2D eigenvalue weighted by molar-refractivity contribution is 7.85. The molecule has 5 heteroatoms. The van der Waals surface area contributed by atoms with Crippen LogP contribution in [0.15, 0.2) is 29.2 Å². The maximum Gasteiger partial charge on any atom is 0.307 e. The first kappa shape index (κ1) is 15.7. The van der Waals surface area contributed by atoms with Crippen LogP contribution in [0.5, 0.6) is 5.75 Å². The lowest BCUT2D eigenvalue weighted by Crippen LogP contribution is -2.33. The second-order valence-electron chi connectivity index (χ2n) is 5.44. The Hall–Kier alpha value is -1.36. The molecule has 1 rings (SSSR count). The van der Waals surface area contributed by atoms with Crippen LogP contribution in [0, 0.1) is 11.3 Å². The van der Waals surface area contributed by atoms with Gasteiger partial charge in [-0.2, -0.15) is 0 Å². The smallest absolute Gasteiger partial charge is 0.307 e. The molecule has 1 aromatic rings. The van der Waals surface area contributed by atoms with E-state index in [0.29, 0.717) is 10.6 Å². The van der Waals surface area contributed by atoms with Gasteiger partial charge in [-0.05, 0) is 29.7 Å². The largest absolute Gasteiger partial charge is 0.497 e. The van der Waals surface area contributed by atoms with Crippen molar-refractivity contribution >= 4 is 16.8 Å². The van der Waals surface area contributed by atoms with Crippen molar-refractivity contribution in [3.8, 4) is 5.75 Å². The van der Waals surface area contributed by atoms with Crippen LogP contribution in [0.2, 0.25) is 0 Å². The first-order chi connectivity index (χ1) is 8.75. The highest BCUT2D eigenvalue weighted by Crippen LogP contribution is 2.28. The van der Waals surface area contributed by atoms with Gasteiger partial charge >= 0.3 is 5.97 Å². The van der Waals surface area contributed by atoms with Gasteiger partial charge in [-0.15, -0.1) is 0 Å². The molecule has 0 saturated carbocycles. The molecule has 0 spiro atoms. The van der Waals surface area contributed by atoms with Gasteiger partial charge in [0.1, 0.15) is 5.75 Å². The Kier molecular flexibility index (Phi) is 5.11.